The maximum atomic E-state index is 12.5. The zero-order chi connectivity index (χ0) is 19.3. The summed E-state index contributed by atoms with van der Waals surface area (Å²) in [6, 6.07) is 13.7. The van der Waals surface area contributed by atoms with Crippen molar-refractivity contribution < 1.29 is 14.5 Å². The van der Waals surface area contributed by atoms with Crippen LogP contribution >= 0.6 is 0 Å². The molecular formula is C20H24N2O4. The van der Waals surface area contributed by atoms with Gasteiger partial charge in [0.25, 0.3) is 11.6 Å². The number of rotatable bonds is 7. The molecule has 0 heterocycles. The van der Waals surface area contributed by atoms with Crippen LogP contribution in [0.5, 0.6) is 5.75 Å². The van der Waals surface area contributed by atoms with E-state index < -0.39 is 4.92 Å². The Balaban J connectivity index is 2.05. The highest BCUT2D eigenvalue weighted by Crippen LogP contribution is 2.26. The van der Waals surface area contributed by atoms with Gasteiger partial charge in [0.2, 0.25) is 0 Å². The maximum Gasteiger partial charge on any atom is 0.269 e. The van der Waals surface area contributed by atoms with E-state index in [0.29, 0.717) is 17.2 Å². The van der Waals surface area contributed by atoms with Crippen molar-refractivity contribution in [1.82, 2.24) is 4.90 Å². The molecule has 0 aliphatic rings. The van der Waals surface area contributed by atoms with Gasteiger partial charge in [0.15, 0.2) is 6.61 Å². The number of nitro benzene ring substituents is 1. The average molecular weight is 356 g/mol. The molecule has 0 saturated carbocycles. The molecule has 0 spiro atoms. The molecule has 2 aromatic rings. The van der Waals surface area contributed by atoms with Crippen LogP contribution in [0.25, 0.3) is 0 Å². The molecule has 0 N–H and O–H groups in total. The van der Waals surface area contributed by atoms with E-state index in [9.17, 15) is 14.9 Å². The molecule has 0 saturated heterocycles. The summed E-state index contributed by atoms with van der Waals surface area (Å²) in [7, 11) is 1.67. The van der Waals surface area contributed by atoms with Gasteiger partial charge in [-0.3, -0.25) is 14.9 Å². The van der Waals surface area contributed by atoms with Gasteiger partial charge in [0.1, 0.15) is 5.75 Å². The van der Waals surface area contributed by atoms with Gasteiger partial charge in [-0.15, -0.1) is 0 Å². The van der Waals surface area contributed by atoms with Crippen molar-refractivity contribution in [2.45, 2.75) is 32.7 Å². The fraction of sp³-hybridized carbons (Fsp3) is 0.350. The Bertz CT molecular complexity index is 789. The van der Waals surface area contributed by atoms with Gasteiger partial charge in [0, 0.05) is 19.2 Å². The van der Waals surface area contributed by atoms with E-state index in [2.05, 4.69) is 13.8 Å². The zero-order valence-electron chi connectivity index (χ0n) is 15.5. The second-order valence-electron chi connectivity index (χ2n) is 6.51. The standard InChI is InChI=1S/C20H24N2O4/c1-14(2)18-10-5-6-11-19(18)26-13-20(23)21(4)15(3)16-8-7-9-17(12-16)22(24)25/h5-12,14-15H,13H2,1-4H3/t15-/m1/s1. The second-order valence-corrected chi connectivity index (χ2v) is 6.51. The van der Waals surface area contributed by atoms with E-state index in [1.165, 1.54) is 17.0 Å². The Labute approximate surface area is 153 Å². The lowest BCUT2D eigenvalue weighted by molar-refractivity contribution is -0.384. The van der Waals surface area contributed by atoms with Gasteiger partial charge in [-0.25, -0.2) is 0 Å². The molecule has 1 amide bonds. The summed E-state index contributed by atoms with van der Waals surface area (Å²) in [5.41, 5.74) is 1.77. The number of nitrogens with zero attached hydrogens (tertiary/aromatic N) is 2. The molecule has 26 heavy (non-hydrogen) atoms. The van der Waals surface area contributed by atoms with Crippen LogP contribution in [0.1, 0.15) is 43.9 Å². The molecule has 6 nitrogen and oxygen atoms in total. The number of carbonyl (C=O) groups is 1. The summed E-state index contributed by atoms with van der Waals surface area (Å²) >= 11 is 0. The lowest BCUT2D eigenvalue weighted by atomic mass is 10.0. The SMILES string of the molecule is CC(C)c1ccccc1OCC(=O)N(C)[C@H](C)c1cccc([N+](=O)[O-])c1. The molecule has 0 radical (unpaired) electrons. The van der Waals surface area contributed by atoms with Crippen LogP contribution in [0.4, 0.5) is 5.69 Å². The van der Waals surface area contributed by atoms with Crippen molar-refractivity contribution in [3.8, 4) is 5.75 Å². The summed E-state index contributed by atoms with van der Waals surface area (Å²) in [6.07, 6.45) is 0. The van der Waals surface area contributed by atoms with E-state index in [1.807, 2.05) is 31.2 Å². The van der Waals surface area contributed by atoms with E-state index >= 15 is 0 Å². The normalized spacial score (nSPS) is 11.9. The Morgan fingerprint density at radius 1 is 1.15 bits per heavy atom. The van der Waals surface area contributed by atoms with Crippen LogP contribution in [0.3, 0.4) is 0 Å². The average Bonchev–Trinajstić information content (AvgIpc) is 2.65. The molecule has 0 unspecified atom stereocenters. The van der Waals surface area contributed by atoms with Crippen molar-refractivity contribution in [1.29, 1.82) is 0 Å². The maximum absolute atomic E-state index is 12.5. The summed E-state index contributed by atoms with van der Waals surface area (Å²) < 4.78 is 5.73. The zero-order valence-corrected chi connectivity index (χ0v) is 15.5. The highest BCUT2D eigenvalue weighted by Gasteiger charge is 2.20. The summed E-state index contributed by atoms with van der Waals surface area (Å²) in [5.74, 6) is 0.803. The first-order chi connectivity index (χ1) is 12.3. The van der Waals surface area contributed by atoms with Crippen molar-refractivity contribution in [2.24, 2.45) is 0 Å². The lowest BCUT2D eigenvalue weighted by Crippen LogP contribution is -2.33. The minimum absolute atomic E-state index is 0.0114. The largest absolute Gasteiger partial charge is 0.483 e. The molecule has 0 bridgehead atoms. The van der Waals surface area contributed by atoms with Crippen LogP contribution < -0.4 is 4.74 Å². The number of carbonyl (C=O) groups excluding carboxylic acids is 1. The highest BCUT2D eigenvalue weighted by molar-refractivity contribution is 5.78. The lowest BCUT2D eigenvalue weighted by Gasteiger charge is -2.25. The number of ether oxygens (including phenoxy) is 1. The Kier molecular flexibility index (Phi) is 6.33. The number of para-hydroxylation sites is 1. The smallest absolute Gasteiger partial charge is 0.269 e. The monoisotopic (exact) mass is 356 g/mol. The fourth-order valence-corrected chi connectivity index (χ4v) is 2.67. The molecular weight excluding hydrogens is 332 g/mol. The van der Waals surface area contributed by atoms with Gasteiger partial charge >= 0.3 is 0 Å². The minimum atomic E-state index is -0.440. The van der Waals surface area contributed by atoms with E-state index in [4.69, 9.17) is 4.74 Å². The van der Waals surface area contributed by atoms with Gasteiger partial charge in [-0.05, 0) is 30.0 Å². The third kappa shape index (κ3) is 4.59. The number of benzene rings is 2. The number of hydrogen-bond acceptors (Lipinski definition) is 4. The molecule has 2 rings (SSSR count). The van der Waals surface area contributed by atoms with Crippen LogP contribution in [-0.2, 0) is 4.79 Å². The number of hydrogen-bond donors (Lipinski definition) is 0. The van der Waals surface area contributed by atoms with Gasteiger partial charge in [-0.2, -0.15) is 0 Å². The molecule has 0 aliphatic carbocycles. The summed E-state index contributed by atoms with van der Waals surface area (Å²) in [6.45, 7) is 5.89. The third-order valence-corrected chi connectivity index (χ3v) is 4.43. The third-order valence-electron chi connectivity index (χ3n) is 4.43. The van der Waals surface area contributed by atoms with Crippen LogP contribution in [0, 0.1) is 10.1 Å². The van der Waals surface area contributed by atoms with Gasteiger partial charge in [-0.1, -0.05) is 44.2 Å². The molecule has 0 fully saturated rings. The highest BCUT2D eigenvalue weighted by atomic mass is 16.6. The summed E-state index contributed by atoms with van der Waals surface area (Å²) in [5, 5.41) is 10.9. The topological polar surface area (TPSA) is 72.7 Å². The minimum Gasteiger partial charge on any atom is -0.483 e. The number of non-ortho nitro benzene ring substituents is 1. The number of likely N-dealkylation sites (N-methyl/N-ethyl adjacent to an activating group) is 1. The van der Waals surface area contributed by atoms with Crippen LogP contribution in [0.2, 0.25) is 0 Å². The molecule has 2 aromatic carbocycles. The number of nitro groups is 1. The van der Waals surface area contributed by atoms with E-state index in [-0.39, 0.29) is 24.2 Å². The Morgan fingerprint density at radius 3 is 2.50 bits per heavy atom. The molecule has 0 aromatic heterocycles. The quantitative estimate of drug-likeness (QED) is 0.547. The molecule has 1 atom stereocenters. The first kappa shape index (κ1) is 19.4. The molecule has 138 valence electrons. The Morgan fingerprint density at radius 2 is 1.85 bits per heavy atom. The van der Waals surface area contributed by atoms with Gasteiger partial charge in [0.05, 0.1) is 11.0 Å². The summed E-state index contributed by atoms with van der Waals surface area (Å²) in [4.78, 5) is 24.5. The molecule has 6 heteroatoms. The molecule has 0 aliphatic heterocycles. The Hall–Kier alpha value is -2.89. The van der Waals surface area contributed by atoms with Crippen LogP contribution in [0.15, 0.2) is 48.5 Å². The van der Waals surface area contributed by atoms with Crippen molar-refractivity contribution in [3.63, 3.8) is 0 Å². The first-order valence-electron chi connectivity index (χ1n) is 8.53. The second kappa shape index (κ2) is 8.47. The van der Waals surface area contributed by atoms with Crippen molar-refractivity contribution in [2.75, 3.05) is 13.7 Å². The van der Waals surface area contributed by atoms with E-state index in [1.54, 1.807) is 19.2 Å². The van der Waals surface area contributed by atoms with Gasteiger partial charge < -0.3 is 9.64 Å². The van der Waals surface area contributed by atoms with E-state index in [0.717, 1.165) is 5.56 Å². The predicted molar refractivity (Wildman–Crippen MR) is 100 cm³/mol. The van der Waals surface area contributed by atoms with Crippen molar-refractivity contribution in [3.05, 3.63) is 69.8 Å². The predicted octanol–water partition coefficient (Wildman–Crippen LogP) is 4.32. The fourth-order valence-electron chi connectivity index (χ4n) is 2.67. The van der Waals surface area contributed by atoms with Crippen molar-refractivity contribution >= 4 is 11.6 Å². The van der Waals surface area contributed by atoms with Crippen LogP contribution in [-0.4, -0.2) is 29.4 Å². The number of amides is 1. The first-order valence-corrected chi connectivity index (χ1v) is 8.53.